The summed E-state index contributed by atoms with van der Waals surface area (Å²) in [6.45, 7) is 0. The smallest absolute Gasteiger partial charge is 0.471 e. The summed E-state index contributed by atoms with van der Waals surface area (Å²) < 4.78 is 62.5. The molecule has 1 aromatic heterocycles. The summed E-state index contributed by atoms with van der Waals surface area (Å²) in [6.07, 6.45) is -5.15. The average Bonchev–Trinajstić information content (AvgIpc) is 2.30. The van der Waals surface area contributed by atoms with Gasteiger partial charge >= 0.3 is 18.1 Å². The van der Waals surface area contributed by atoms with Crippen LogP contribution < -0.4 is 5.32 Å². The number of nitrogens with one attached hydrogen (secondary N) is 1. The molecule has 2 N–H and O–H groups in total. The van der Waals surface area contributed by atoms with Crippen molar-refractivity contribution in [1.82, 2.24) is 10.3 Å². The van der Waals surface area contributed by atoms with Gasteiger partial charge < -0.3 is 10.4 Å². The highest BCUT2D eigenvalue weighted by molar-refractivity contribution is 5.87. The number of aromatic nitrogens is 1. The fourth-order valence-corrected chi connectivity index (χ4v) is 1.28. The molecule has 0 bridgehead atoms. The van der Waals surface area contributed by atoms with Gasteiger partial charge in [-0.15, -0.1) is 0 Å². The number of hydrogen-bond acceptors (Lipinski definition) is 3. The van der Waals surface area contributed by atoms with Gasteiger partial charge in [-0.2, -0.15) is 13.2 Å². The fraction of sp³-hybridized carbons (Fsp3) is 0.300. The number of aliphatic carboxylic acids is 1. The highest BCUT2D eigenvalue weighted by atomic mass is 19.4. The molecular formula is C10H7F5N2O3. The van der Waals surface area contributed by atoms with Crippen LogP contribution in [0.25, 0.3) is 0 Å². The number of halogens is 5. The Morgan fingerprint density at radius 3 is 2.15 bits per heavy atom. The zero-order valence-corrected chi connectivity index (χ0v) is 9.54. The van der Waals surface area contributed by atoms with Crippen LogP contribution in [0.5, 0.6) is 0 Å². The highest BCUT2D eigenvalue weighted by Gasteiger charge is 2.41. The van der Waals surface area contributed by atoms with E-state index in [4.69, 9.17) is 5.11 Å². The van der Waals surface area contributed by atoms with E-state index in [0.29, 0.717) is 12.4 Å². The Hall–Kier alpha value is -2.26. The lowest BCUT2D eigenvalue weighted by Gasteiger charge is -2.16. The van der Waals surface area contributed by atoms with Crippen LogP contribution in [-0.2, 0) is 16.0 Å². The van der Waals surface area contributed by atoms with E-state index in [1.54, 1.807) is 0 Å². The minimum Gasteiger partial charge on any atom is -0.480 e. The quantitative estimate of drug-likeness (QED) is 0.814. The van der Waals surface area contributed by atoms with Crippen molar-refractivity contribution in [2.75, 3.05) is 0 Å². The number of carbonyl (C=O) groups excluding carboxylic acids is 1. The molecule has 1 atom stereocenters. The maximum atomic E-state index is 13.2. The summed E-state index contributed by atoms with van der Waals surface area (Å²) in [4.78, 5) is 24.5. The molecule has 10 heteroatoms. The van der Waals surface area contributed by atoms with Crippen LogP contribution in [0.4, 0.5) is 22.0 Å². The Balaban J connectivity index is 2.94. The molecule has 0 aliphatic heterocycles. The first-order valence-corrected chi connectivity index (χ1v) is 5.01. The van der Waals surface area contributed by atoms with E-state index >= 15 is 0 Å². The predicted molar refractivity (Wildman–Crippen MR) is 53.5 cm³/mol. The Morgan fingerprint density at radius 2 is 1.75 bits per heavy atom. The summed E-state index contributed by atoms with van der Waals surface area (Å²) in [5.41, 5.74) is -0.783. The minimum absolute atomic E-state index is 0.572. The zero-order valence-electron chi connectivity index (χ0n) is 9.54. The van der Waals surface area contributed by atoms with Gasteiger partial charge in [0, 0.05) is 12.0 Å². The summed E-state index contributed by atoms with van der Waals surface area (Å²) >= 11 is 0. The third-order valence-corrected chi connectivity index (χ3v) is 2.22. The molecule has 110 valence electrons. The van der Waals surface area contributed by atoms with Crippen molar-refractivity contribution in [2.45, 2.75) is 18.6 Å². The number of rotatable bonds is 4. The lowest BCUT2D eigenvalue weighted by molar-refractivity contribution is -0.175. The SMILES string of the molecule is O=C(O)C(Cc1c(F)cncc1F)NC(=O)C(F)(F)F. The van der Waals surface area contributed by atoms with Crippen LogP contribution in [0.2, 0.25) is 0 Å². The zero-order chi connectivity index (χ0) is 15.5. The van der Waals surface area contributed by atoms with Gasteiger partial charge in [0.2, 0.25) is 0 Å². The number of carboxylic acid groups (broad SMARTS) is 1. The molecule has 1 unspecified atom stereocenters. The standard InChI is InChI=1S/C10H7F5N2O3/c11-5-2-16-3-6(12)4(5)1-7(8(18)19)17-9(20)10(13,14)15/h2-3,7H,1H2,(H,17,20)(H,18,19). The van der Waals surface area contributed by atoms with Crippen molar-refractivity contribution in [3.05, 3.63) is 29.6 Å². The molecule has 1 aromatic rings. The van der Waals surface area contributed by atoms with Gasteiger partial charge in [0.15, 0.2) is 0 Å². The maximum Gasteiger partial charge on any atom is 0.471 e. The first-order valence-electron chi connectivity index (χ1n) is 5.01. The van der Waals surface area contributed by atoms with Crippen molar-refractivity contribution in [2.24, 2.45) is 0 Å². The molecule has 1 rings (SSSR count). The Morgan fingerprint density at radius 1 is 1.25 bits per heavy atom. The summed E-state index contributed by atoms with van der Waals surface area (Å²) in [5, 5.41) is 9.83. The van der Waals surface area contributed by atoms with E-state index in [9.17, 15) is 31.5 Å². The summed E-state index contributed by atoms with van der Waals surface area (Å²) in [6, 6.07) is -2.13. The number of amides is 1. The Kier molecular flexibility index (Phi) is 4.58. The molecule has 0 radical (unpaired) electrons. The Labute approximate surface area is 108 Å². The van der Waals surface area contributed by atoms with Crippen LogP contribution in [0.1, 0.15) is 5.56 Å². The van der Waals surface area contributed by atoms with Crippen molar-refractivity contribution in [3.63, 3.8) is 0 Å². The molecule has 0 aromatic carbocycles. The van der Waals surface area contributed by atoms with Crippen LogP contribution >= 0.6 is 0 Å². The van der Waals surface area contributed by atoms with Crippen molar-refractivity contribution < 1.29 is 36.6 Å². The van der Waals surface area contributed by atoms with Crippen molar-refractivity contribution >= 4 is 11.9 Å². The van der Waals surface area contributed by atoms with Crippen molar-refractivity contribution in [3.8, 4) is 0 Å². The van der Waals surface area contributed by atoms with Crippen LogP contribution in [-0.4, -0.2) is 34.2 Å². The first kappa shape index (κ1) is 15.8. The second-order valence-electron chi connectivity index (χ2n) is 3.65. The molecule has 5 nitrogen and oxygen atoms in total. The van der Waals surface area contributed by atoms with Gasteiger partial charge in [-0.05, 0) is 0 Å². The molecule has 0 fully saturated rings. The molecular weight excluding hydrogens is 291 g/mol. The largest absolute Gasteiger partial charge is 0.480 e. The van der Waals surface area contributed by atoms with E-state index in [0.717, 1.165) is 5.32 Å². The topological polar surface area (TPSA) is 79.3 Å². The van der Waals surface area contributed by atoms with Gasteiger partial charge in [-0.1, -0.05) is 0 Å². The molecule has 0 aliphatic carbocycles. The third kappa shape index (κ3) is 3.87. The monoisotopic (exact) mass is 298 g/mol. The molecule has 1 heterocycles. The minimum atomic E-state index is -5.30. The van der Waals surface area contributed by atoms with E-state index in [1.165, 1.54) is 0 Å². The number of nitrogens with zero attached hydrogens (tertiary/aromatic N) is 1. The van der Waals surface area contributed by atoms with Gasteiger partial charge in [-0.25, -0.2) is 13.6 Å². The van der Waals surface area contributed by atoms with Gasteiger partial charge in [-0.3, -0.25) is 9.78 Å². The van der Waals surface area contributed by atoms with Gasteiger partial charge in [0.1, 0.15) is 17.7 Å². The van der Waals surface area contributed by atoms with Crippen molar-refractivity contribution in [1.29, 1.82) is 0 Å². The number of hydrogen-bond donors (Lipinski definition) is 2. The Bertz CT molecular complexity index is 512. The average molecular weight is 298 g/mol. The van der Waals surface area contributed by atoms with Crippen LogP contribution in [0.3, 0.4) is 0 Å². The fourth-order valence-electron chi connectivity index (χ4n) is 1.28. The third-order valence-electron chi connectivity index (χ3n) is 2.22. The predicted octanol–water partition coefficient (Wildman–Crippen LogP) is 1.03. The lowest BCUT2D eigenvalue weighted by Crippen LogP contribution is -2.48. The number of carboxylic acids is 1. The molecule has 0 spiro atoms. The number of pyridine rings is 1. The van der Waals surface area contributed by atoms with Crippen LogP contribution in [0.15, 0.2) is 12.4 Å². The molecule has 20 heavy (non-hydrogen) atoms. The molecule has 0 aliphatic rings. The normalized spacial score (nSPS) is 12.8. The van der Waals surface area contributed by atoms with E-state index in [1.807, 2.05) is 0 Å². The molecule has 0 saturated carbocycles. The molecule has 1 amide bonds. The van der Waals surface area contributed by atoms with E-state index in [-0.39, 0.29) is 0 Å². The lowest BCUT2D eigenvalue weighted by atomic mass is 10.1. The maximum absolute atomic E-state index is 13.2. The van der Waals surface area contributed by atoms with E-state index < -0.39 is 47.7 Å². The highest BCUT2D eigenvalue weighted by Crippen LogP contribution is 2.17. The first-order chi connectivity index (χ1) is 9.12. The number of carbonyl (C=O) groups is 2. The summed E-state index contributed by atoms with van der Waals surface area (Å²) in [5.74, 6) is -6.83. The van der Waals surface area contributed by atoms with Crippen LogP contribution in [0, 0.1) is 11.6 Å². The van der Waals surface area contributed by atoms with Gasteiger partial charge in [0.25, 0.3) is 0 Å². The van der Waals surface area contributed by atoms with E-state index in [2.05, 4.69) is 4.98 Å². The number of alkyl halides is 3. The second kappa shape index (κ2) is 5.80. The second-order valence-corrected chi connectivity index (χ2v) is 3.65. The van der Waals surface area contributed by atoms with Gasteiger partial charge in [0.05, 0.1) is 12.4 Å². The molecule has 0 saturated heterocycles. The summed E-state index contributed by atoms with van der Waals surface area (Å²) in [7, 11) is 0.